The molecule has 0 spiro atoms. The van der Waals surface area contributed by atoms with Gasteiger partial charge in [0.1, 0.15) is 6.10 Å². The van der Waals surface area contributed by atoms with Crippen molar-refractivity contribution in [1.82, 2.24) is 4.98 Å². The number of amides is 1. The van der Waals surface area contributed by atoms with Crippen LogP contribution in [0.25, 0.3) is 0 Å². The van der Waals surface area contributed by atoms with Crippen molar-refractivity contribution in [2.24, 2.45) is 5.73 Å². The number of nitrogens with two attached hydrogens (primary N) is 1. The lowest BCUT2D eigenvalue weighted by molar-refractivity contribution is -0.129. The molecule has 1 unspecified atom stereocenters. The van der Waals surface area contributed by atoms with E-state index < -0.39 is 12.0 Å². The van der Waals surface area contributed by atoms with Crippen molar-refractivity contribution in [1.29, 1.82) is 0 Å². The van der Waals surface area contributed by atoms with Gasteiger partial charge in [-0.15, -0.1) is 0 Å². The van der Waals surface area contributed by atoms with E-state index in [4.69, 9.17) is 10.5 Å². The van der Waals surface area contributed by atoms with E-state index in [1.165, 1.54) is 0 Å². The maximum Gasteiger partial charge on any atom is 0.246 e. The first-order chi connectivity index (χ1) is 6.20. The first-order valence-electron chi connectivity index (χ1n) is 4.01. The highest BCUT2D eigenvalue weighted by Gasteiger charge is 2.08. The summed E-state index contributed by atoms with van der Waals surface area (Å²) in [5, 5.41) is 0. The van der Waals surface area contributed by atoms with Crippen LogP contribution >= 0.6 is 0 Å². The molecule has 4 nitrogen and oxygen atoms in total. The van der Waals surface area contributed by atoms with Crippen LogP contribution in [0.1, 0.15) is 12.6 Å². The van der Waals surface area contributed by atoms with Gasteiger partial charge in [0.15, 0.2) is 0 Å². The summed E-state index contributed by atoms with van der Waals surface area (Å²) < 4.78 is 5.15. The summed E-state index contributed by atoms with van der Waals surface area (Å²) in [4.78, 5) is 14.6. The summed E-state index contributed by atoms with van der Waals surface area (Å²) in [7, 11) is 0. The normalized spacial score (nSPS) is 12.4. The van der Waals surface area contributed by atoms with Crippen molar-refractivity contribution < 1.29 is 9.53 Å². The first kappa shape index (κ1) is 9.67. The van der Waals surface area contributed by atoms with Crippen LogP contribution in [0.4, 0.5) is 0 Å². The largest absolute Gasteiger partial charge is 0.367 e. The summed E-state index contributed by atoms with van der Waals surface area (Å²) in [5.74, 6) is -0.462. The molecule has 1 atom stereocenters. The summed E-state index contributed by atoms with van der Waals surface area (Å²) in [5.41, 5.74) is 5.80. The van der Waals surface area contributed by atoms with E-state index in [9.17, 15) is 4.79 Å². The van der Waals surface area contributed by atoms with Crippen molar-refractivity contribution in [2.75, 3.05) is 0 Å². The van der Waals surface area contributed by atoms with Crippen molar-refractivity contribution in [3.05, 3.63) is 30.1 Å². The molecule has 0 bridgehead atoms. The summed E-state index contributed by atoms with van der Waals surface area (Å²) in [6.45, 7) is 1.93. The van der Waals surface area contributed by atoms with Gasteiger partial charge >= 0.3 is 0 Å². The fourth-order valence-electron chi connectivity index (χ4n) is 0.776. The second-order valence-corrected chi connectivity index (χ2v) is 2.68. The van der Waals surface area contributed by atoms with Gasteiger partial charge in [-0.25, -0.2) is 0 Å². The Morgan fingerprint density at radius 3 is 3.00 bits per heavy atom. The predicted octanol–water partition coefficient (Wildman–Crippen LogP) is 0.472. The van der Waals surface area contributed by atoms with Gasteiger partial charge in [-0.3, -0.25) is 9.78 Å². The van der Waals surface area contributed by atoms with Gasteiger partial charge in [0, 0.05) is 6.20 Å². The van der Waals surface area contributed by atoms with E-state index in [2.05, 4.69) is 4.98 Å². The number of ether oxygens (including phenoxy) is 1. The number of hydrogen-bond acceptors (Lipinski definition) is 3. The average molecular weight is 180 g/mol. The molecule has 70 valence electrons. The second-order valence-electron chi connectivity index (χ2n) is 2.68. The van der Waals surface area contributed by atoms with E-state index >= 15 is 0 Å². The lowest BCUT2D eigenvalue weighted by atomic mass is 10.3. The zero-order chi connectivity index (χ0) is 9.68. The van der Waals surface area contributed by atoms with Gasteiger partial charge in [0.05, 0.1) is 12.3 Å². The fraction of sp³-hybridized carbons (Fsp3) is 0.333. The Bertz CT molecular complexity index is 274. The highest BCUT2D eigenvalue weighted by atomic mass is 16.5. The van der Waals surface area contributed by atoms with E-state index in [0.717, 1.165) is 5.69 Å². The van der Waals surface area contributed by atoms with Crippen molar-refractivity contribution in [2.45, 2.75) is 19.6 Å². The van der Waals surface area contributed by atoms with Gasteiger partial charge in [-0.05, 0) is 19.1 Å². The number of primary amides is 1. The lowest BCUT2D eigenvalue weighted by Crippen LogP contribution is -2.28. The minimum atomic E-state index is -0.568. The molecule has 0 saturated carbocycles. The molecule has 0 aliphatic rings. The van der Waals surface area contributed by atoms with Crippen molar-refractivity contribution >= 4 is 5.91 Å². The van der Waals surface area contributed by atoms with Crippen LogP contribution in [0.3, 0.4) is 0 Å². The highest BCUT2D eigenvalue weighted by Crippen LogP contribution is 1.99. The standard InChI is InChI=1S/C9H12N2O2/c1-7(9(10)12)13-6-8-4-2-3-5-11-8/h2-5,7H,6H2,1H3,(H2,10,12). The Labute approximate surface area is 76.7 Å². The molecule has 0 saturated heterocycles. The summed E-state index contributed by atoms with van der Waals surface area (Å²) in [6, 6.07) is 5.51. The van der Waals surface area contributed by atoms with E-state index in [1.54, 1.807) is 13.1 Å². The van der Waals surface area contributed by atoms with Gasteiger partial charge in [0.2, 0.25) is 5.91 Å². The van der Waals surface area contributed by atoms with Gasteiger partial charge in [-0.1, -0.05) is 6.07 Å². The van der Waals surface area contributed by atoms with Crippen LogP contribution in [0.5, 0.6) is 0 Å². The Morgan fingerprint density at radius 2 is 2.46 bits per heavy atom. The zero-order valence-corrected chi connectivity index (χ0v) is 7.43. The summed E-state index contributed by atoms with van der Waals surface area (Å²) in [6.07, 6.45) is 1.11. The smallest absolute Gasteiger partial charge is 0.246 e. The van der Waals surface area contributed by atoms with Crippen LogP contribution < -0.4 is 5.73 Å². The average Bonchev–Trinajstić information content (AvgIpc) is 2.15. The maximum absolute atomic E-state index is 10.6. The van der Waals surface area contributed by atoms with Gasteiger partial charge in [0.25, 0.3) is 0 Å². The third kappa shape index (κ3) is 3.21. The zero-order valence-electron chi connectivity index (χ0n) is 7.43. The number of nitrogens with zero attached hydrogens (tertiary/aromatic N) is 1. The van der Waals surface area contributed by atoms with E-state index in [0.29, 0.717) is 6.61 Å². The Hall–Kier alpha value is -1.42. The SMILES string of the molecule is CC(OCc1ccccn1)C(N)=O. The molecule has 1 heterocycles. The number of hydrogen-bond donors (Lipinski definition) is 1. The topological polar surface area (TPSA) is 65.2 Å². The number of carbonyl (C=O) groups excluding carboxylic acids is 1. The highest BCUT2D eigenvalue weighted by molar-refractivity contribution is 5.78. The van der Waals surface area contributed by atoms with E-state index in [-0.39, 0.29) is 0 Å². The fourth-order valence-corrected chi connectivity index (χ4v) is 0.776. The molecule has 0 radical (unpaired) electrons. The number of aromatic nitrogens is 1. The molecule has 2 N–H and O–H groups in total. The van der Waals surface area contributed by atoms with Crippen LogP contribution in [-0.4, -0.2) is 17.0 Å². The lowest BCUT2D eigenvalue weighted by Gasteiger charge is -2.07. The molecule has 0 fully saturated rings. The molecule has 0 aliphatic heterocycles. The molecule has 13 heavy (non-hydrogen) atoms. The predicted molar refractivity (Wildman–Crippen MR) is 47.7 cm³/mol. The molecule has 1 rings (SSSR count). The number of rotatable bonds is 4. The molecule has 0 aliphatic carbocycles. The number of carbonyl (C=O) groups is 1. The third-order valence-electron chi connectivity index (χ3n) is 1.61. The Kier molecular flexibility index (Phi) is 3.40. The van der Waals surface area contributed by atoms with E-state index in [1.807, 2.05) is 18.2 Å². The Balaban J connectivity index is 2.39. The molecule has 1 aromatic heterocycles. The minimum absolute atomic E-state index is 0.310. The summed E-state index contributed by atoms with van der Waals surface area (Å²) >= 11 is 0. The molecule has 1 amide bonds. The van der Waals surface area contributed by atoms with Crippen LogP contribution in [0, 0.1) is 0 Å². The molecular formula is C9H12N2O2. The molecule has 0 aromatic carbocycles. The molecule has 1 aromatic rings. The van der Waals surface area contributed by atoms with Gasteiger partial charge in [-0.2, -0.15) is 0 Å². The second kappa shape index (κ2) is 4.57. The van der Waals surface area contributed by atoms with Crippen molar-refractivity contribution in [3.8, 4) is 0 Å². The number of pyridine rings is 1. The van der Waals surface area contributed by atoms with Crippen molar-refractivity contribution in [3.63, 3.8) is 0 Å². The molecular weight excluding hydrogens is 168 g/mol. The van der Waals surface area contributed by atoms with Crippen LogP contribution in [0.2, 0.25) is 0 Å². The Morgan fingerprint density at radius 1 is 1.69 bits per heavy atom. The van der Waals surface area contributed by atoms with Crippen LogP contribution in [-0.2, 0) is 16.1 Å². The van der Waals surface area contributed by atoms with Crippen LogP contribution in [0.15, 0.2) is 24.4 Å². The maximum atomic E-state index is 10.6. The third-order valence-corrected chi connectivity index (χ3v) is 1.61. The van der Waals surface area contributed by atoms with Gasteiger partial charge < -0.3 is 10.5 Å². The molecule has 4 heteroatoms. The first-order valence-corrected chi connectivity index (χ1v) is 4.01. The quantitative estimate of drug-likeness (QED) is 0.732. The minimum Gasteiger partial charge on any atom is -0.367 e. The monoisotopic (exact) mass is 180 g/mol.